The van der Waals surface area contributed by atoms with E-state index in [1.165, 1.54) is 12.4 Å². The molecule has 0 unspecified atom stereocenters. The van der Waals surface area contributed by atoms with Gasteiger partial charge in [-0.25, -0.2) is 20.2 Å². The first-order valence-electron chi connectivity index (χ1n) is 5.00. The summed E-state index contributed by atoms with van der Waals surface area (Å²) >= 11 is 0. The monoisotopic (exact) mass is 252 g/mol. The highest BCUT2D eigenvalue weighted by Crippen LogP contribution is 1.97. The van der Waals surface area contributed by atoms with Crippen LogP contribution in [0.2, 0.25) is 0 Å². The number of rotatable bonds is 2. The van der Waals surface area contributed by atoms with Gasteiger partial charge in [0.15, 0.2) is 10.1 Å². The largest absolute Gasteiger partial charge is 0.234 e. The van der Waals surface area contributed by atoms with E-state index in [9.17, 15) is 20.2 Å². The predicted octanol–water partition coefficient (Wildman–Crippen LogP) is 1.67. The van der Waals surface area contributed by atoms with E-state index in [-0.39, 0.29) is 0 Å². The van der Waals surface area contributed by atoms with E-state index in [1.54, 1.807) is 38.1 Å². The normalized spacial score (nSPS) is 9.44. The molecule has 0 saturated heterocycles. The zero-order chi connectivity index (χ0) is 13.7. The Morgan fingerprint density at radius 3 is 1.33 bits per heavy atom. The highest BCUT2D eigenvalue weighted by atomic mass is 16.7. The van der Waals surface area contributed by atoms with Crippen LogP contribution in [0.15, 0.2) is 36.7 Å². The molecule has 2 heterocycles. The van der Waals surface area contributed by atoms with Gasteiger partial charge in [0, 0.05) is 0 Å². The summed E-state index contributed by atoms with van der Waals surface area (Å²) in [6.45, 7) is 3.37. The van der Waals surface area contributed by atoms with Gasteiger partial charge in [0.25, 0.3) is 0 Å². The molecule has 0 N–H and O–H groups in total. The van der Waals surface area contributed by atoms with Gasteiger partial charge in [-0.2, -0.15) is 0 Å². The Bertz CT molecular complexity index is 507. The van der Waals surface area contributed by atoms with Crippen LogP contribution in [0, 0.1) is 34.1 Å². The lowest BCUT2D eigenvalue weighted by Gasteiger charge is -1.89. The average molecular weight is 252 g/mol. The van der Waals surface area contributed by atoms with Gasteiger partial charge in [0.05, 0.1) is 23.8 Å². The molecule has 0 bridgehead atoms. The Hall–Kier alpha value is -2.64. The molecule has 0 radical (unpaired) electrons. The van der Waals surface area contributed by atoms with Crippen LogP contribution < -0.4 is 0 Å². The third kappa shape index (κ3) is 3.17. The fourth-order valence-corrected chi connectivity index (χ4v) is 1.28. The lowest BCUT2D eigenvalue weighted by atomic mass is 10.5. The molecule has 0 fully saturated rings. The van der Waals surface area contributed by atoms with Crippen LogP contribution in [0.3, 0.4) is 0 Å². The molecule has 0 atom stereocenters. The number of nitro groups is 2. The van der Waals surface area contributed by atoms with E-state index >= 15 is 0 Å². The minimum Gasteiger partial charge on any atom is -0.234 e. The maximum absolute atomic E-state index is 10.1. The first-order chi connectivity index (χ1) is 8.43. The number of hydrogen-bond acceptors (Lipinski definition) is 4. The van der Waals surface area contributed by atoms with Crippen molar-refractivity contribution in [2.75, 3.05) is 0 Å². The zero-order valence-electron chi connectivity index (χ0n) is 9.89. The van der Waals surface area contributed by atoms with Gasteiger partial charge in [-0.05, 0) is 38.1 Å². The molecule has 2 rings (SSSR count). The summed E-state index contributed by atoms with van der Waals surface area (Å²) in [5.41, 5.74) is 1.28. The van der Waals surface area contributed by atoms with Crippen molar-refractivity contribution in [2.45, 2.75) is 13.8 Å². The summed E-state index contributed by atoms with van der Waals surface area (Å²) in [6.07, 6.45) is 2.82. The van der Waals surface area contributed by atoms with E-state index in [2.05, 4.69) is 0 Å². The summed E-state index contributed by atoms with van der Waals surface area (Å²) in [5.74, 6) is 0. The van der Waals surface area contributed by atoms with Crippen LogP contribution in [-0.2, 0) is 0 Å². The molecule has 0 aliphatic rings. The van der Waals surface area contributed by atoms with Crippen LogP contribution >= 0.6 is 0 Å². The van der Waals surface area contributed by atoms with E-state index in [1.807, 2.05) is 0 Å². The van der Waals surface area contributed by atoms with E-state index < -0.39 is 10.1 Å². The SMILES string of the molecule is Cc1cccn1[N+](=O)[O-].Cc1cccn1[N+](=O)[O-]. The van der Waals surface area contributed by atoms with Gasteiger partial charge in [-0.3, -0.25) is 0 Å². The summed E-state index contributed by atoms with van der Waals surface area (Å²) in [4.78, 5) is 20.1. The third-order valence-corrected chi connectivity index (χ3v) is 2.20. The van der Waals surface area contributed by atoms with Crippen LogP contribution in [0.1, 0.15) is 11.4 Å². The van der Waals surface area contributed by atoms with E-state index in [4.69, 9.17) is 0 Å². The first kappa shape index (κ1) is 13.4. The Labute approximate surface area is 102 Å². The van der Waals surface area contributed by atoms with Gasteiger partial charge in [-0.15, -0.1) is 0 Å². The fourth-order valence-electron chi connectivity index (χ4n) is 1.28. The predicted molar refractivity (Wildman–Crippen MR) is 63.1 cm³/mol. The number of hydrogen-bond donors (Lipinski definition) is 0. The molecular weight excluding hydrogens is 240 g/mol. The van der Waals surface area contributed by atoms with Crippen LogP contribution in [0.25, 0.3) is 0 Å². The minimum atomic E-state index is -0.463. The number of aromatic nitrogens is 2. The minimum absolute atomic E-state index is 0.463. The van der Waals surface area contributed by atoms with E-state index in [0.29, 0.717) is 11.4 Å². The standard InChI is InChI=1S/2C5H6N2O2/c2*1-5-3-2-4-6(5)7(8)9/h2*2-4H,1H3. The Morgan fingerprint density at radius 1 is 0.889 bits per heavy atom. The van der Waals surface area contributed by atoms with Crippen LogP contribution in [0.5, 0.6) is 0 Å². The third-order valence-electron chi connectivity index (χ3n) is 2.20. The molecule has 8 heteroatoms. The molecule has 0 saturated carbocycles. The Kier molecular flexibility index (Phi) is 4.19. The second kappa shape index (κ2) is 5.62. The van der Waals surface area contributed by atoms with Crippen molar-refractivity contribution in [1.29, 1.82) is 0 Å². The summed E-state index contributed by atoms with van der Waals surface area (Å²) in [5, 5.41) is 19.2. The van der Waals surface area contributed by atoms with Crippen molar-refractivity contribution in [2.24, 2.45) is 0 Å². The van der Waals surface area contributed by atoms with Crippen molar-refractivity contribution < 1.29 is 10.1 Å². The van der Waals surface area contributed by atoms with Gasteiger partial charge in [0.2, 0.25) is 0 Å². The molecule has 8 nitrogen and oxygen atoms in total. The number of aryl methyl sites for hydroxylation is 2. The van der Waals surface area contributed by atoms with Crippen LogP contribution in [0.4, 0.5) is 0 Å². The van der Waals surface area contributed by atoms with Crippen molar-refractivity contribution in [1.82, 2.24) is 9.35 Å². The second-order valence-electron chi connectivity index (χ2n) is 3.46. The van der Waals surface area contributed by atoms with Crippen molar-refractivity contribution >= 4 is 0 Å². The molecule has 0 amide bonds. The van der Waals surface area contributed by atoms with Crippen molar-refractivity contribution in [3.63, 3.8) is 0 Å². The van der Waals surface area contributed by atoms with Crippen molar-refractivity contribution in [3.8, 4) is 0 Å². The van der Waals surface area contributed by atoms with E-state index in [0.717, 1.165) is 9.35 Å². The molecule has 2 aromatic heterocycles. The molecule has 2 aromatic rings. The topological polar surface area (TPSA) is 96.1 Å². The summed E-state index contributed by atoms with van der Waals surface area (Å²) in [6, 6.07) is 6.64. The molecule has 96 valence electrons. The highest BCUT2D eigenvalue weighted by molar-refractivity contribution is 5.02. The second-order valence-corrected chi connectivity index (χ2v) is 3.46. The molecule has 18 heavy (non-hydrogen) atoms. The molecular formula is C10H12N4O4. The quantitative estimate of drug-likeness (QED) is 0.599. The van der Waals surface area contributed by atoms with Crippen LogP contribution in [-0.4, -0.2) is 19.4 Å². The summed E-state index contributed by atoms with van der Waals surface area (Å²) in [7, 11) is 0. The lowest BCUT2D eigenvalue weighted by molar-refractivity contribution is -0.543. The Morgan fingerprint density at radius 2 is 1.22 bits per heavy atom. The van der Waals surface area contributed by atoms with Gasteiger partial charge in [-0.1, -0.05) is 9.35 Å². The molecule has 0 aromatic carbocycles. The fraction of sp³-hybridized carbons (Fsp3) is 0.200. The molecule has 0 aliphatic heterocycles. The molecule has 0 aliphatic carbocycles. The lowest BCUT2D eigenvalue weighted by Crippen LogP contribution is -2.07. The number of nitrogens with zero attached hydrogens (tertiary/aromatic N) is 4. The highest BCUT2D eigenvalue weighted by Gasteiger charge is 2.02. The zero-order valence-corrected chi connectivity index (χ0v) is 9.89. The first-order valence-corrected chi connectivity index (χ1v) is 5.00. The van der Waals surface area contributed by atoms with Gasteiger partial charge in [0.1, 0.15) is 0 Å². The molecule has 0 spiro atoms. The van der Waals surface area contributed by atoms with Crippen molar-refractivity contribution in [3.05, 3.63) is 68.3 Å². The smallest absolute Gasteiger partial charge is 0.169 e. The summed E-state index contributed by atoms with van der Waals surface area (Å²) < 4.78 is 1.94. The Balaban J connectivity index is 0.000000180. The van der Waals surface area contributed by atoms with Gasteiger partial charge >= 0.3 is 0 Å². The average Bonchev–Trinajstić information content (AvgIpc) is 2.87. The van der Waals surface area contributed by atoms with Gasteiger partial charge < -0.3 is 0 Å². The maximum Gasteiger partial charge on any atom is 0.169 e. The maximum atomic E-state index is 10.1.